The van der Waals surface area contributed by atoms with Crippen LogP contribution < -0.4 is 11.5 Å². The molecule has 2 heterocycles. The Labute approximate surface area is 90.7 Å². The van der Waals surface area contributed by atoms with Crippen molar-refractivity contribution in [3.8, 4) is 0 Å². The molecule has 78 valence electrons. The fraction of sp³-hybridized carbons (Fsp3) is 0.125. The highest BCUT2D eigenvalue weighted by Crippen LogP contribution is 2.25. The van der Waals surface area contributed by atoms with E-state index in [-0.39, 0.29) is 5.95 Å². The average molecular weight is 222 g/mol. The molecule has 0 unspecified atom stereocenters. The van der Waals surface area contributed by atoms with Crippen LogP contribution in [0.2, 0.25) is 0 Å². The van der Waals surface area contributed by atoms with E-state index in [4.69, 9.17) is 11.5 Å². The van der Waals surface area contributed by atoms with E-state index < -0.39 is 0 Å². The molecule has 7 heteroatoms. The van der Waals surface area contributed by atoms with Crippen LogP contribution in [0.4, 0.5) is 11.8 Å². The summed E-state index contributed by atoms with van der Waals surface area (Å²) in [6, 6.07) is 1.66. The molecule has 0 radical (unpaired) electrons. The van der Waals surface area contributed by atoms with E-state index >= 15 is 0 Å². The third-order valence-electron chi connectivity index (χ3n) is 1.71. The van der Waals surface area contributed by atoms with Gasteiger partial charge in [0.1, 0.15) is 10.8 Å². The van der Waals surface area contributed by atoms with Crippen LogP contribution in [0.3, 0.4) is 0 Å². The van der Waals surface area contributed by atoms with Crippen molar-refractivity contribution in [1.29, 1.82) is 0 Å². The van der Waals surface area contributed by atoms with Gasteiger partial charge in [-0.2, -0.15) is 4.98 Å². The average Bonchev–Trinajstić information content (AvgIpc) is 2.50. The Balaban J connectivity index is 2.28. The largest absolute Gasteiger partial charge is 0.383 e. The van der Waals surface area contributed by atoms with Crippen LogP contribution >= 0.6 is 11.8 Å². The first kappa shape index (κ1) is 9.78. The first-order valence-corrected chi connectivity index (χ1v) is 5.02. The van der Waals surface area contributed by atoms with Gasteiger partial charge in [0.05, 0.1) is 0 Å². The second-order valence-corrected chi connectivity index (χ2v) is 3.90. The minimum atomic E-state index is 0.173. The Morgan fingerprint density at radius 3 is 2.73 bits per heavy atom. The monoisotopic (exact) mass is 222 g/mol. The molecule has 0 aromatic carbocycles. The third kappa shape index (κ3) is 2.18. The second kappa shape index (κ2) is 3.77. The first-order chi connectivity index (χ1) is 7.15. The molecule has 0 aliphatic heterocycles. The van der Waals surface area contributed by atoms with E-state index in [1.54, 1.807) is 12.3 Å². The van der Waals surface area contributed by atoms with Crippen molar-refractivity contribution in [1.82, 2.24) is 19.5 Å². The van der Waals surface area contributed by atoms with Gasteiger partial charge >= 0.3 is 0 Å². The molecule has 0 saturated carbocycles. The summed E-state index contributed by atoms with van der Waals surface area (Å²) in [6.07, 6.45) is 3.58. The van der Waals surface area contributed by atoms with Crippen LogP contribution in [0.5, 0.6) is 0 Å². The summed E-state index contributed by atoms with van der Waals surface area (Å²) in [6.45, 7) is 0. The highest BCUT2D eigenvalue weighted by molar-refractivity contribution is 7.99. The zero-order chi connectivity index (χ0) is 10.8. The Kier molecular flexibility index (Phi) is 2.46. The molecule has 0 saturated heterocycles. The van der Waals surface area contributed by atoms with E-state index in [0.717, 1.165) is 5.16 Å². The predicted octanol–water partition coefficient (Wildman–Crippen LogP) is 0.526. The van der Waals surface area contributed by atoms with Crippen molar-refractivity contribution in [3.05, 3.63) is 18.5 Å². The minimum Gasteiger partial charge on any atom is -0.383 e. The van der Waals surface area contributed by atoms with Crippen molar-refractivity contribution in [3.63, 3.8) is 0 Å². The van der Waals surface area contributed by atoms with Gasteiger partial charge in [0.25, 0.3) is 0 Å². The standard InChI is InChI=1S/C8H10N6S/c1-14-3-2-11-8(14)15-6-4-5(9)12-7(10)13-6/h2-4H,1H3,(H4,9,10,12,13). The van der Waals surface area contributed by atoms with Gasteiger partial charge in [0, 0.05) is 25.5 Å². The number of hydrogen-bond acceptors (Lipinski definition) is 6. The van der Waals surface area contributed by atoms with Gasteiger partial charge in [-0.3, -0.25) is 0 Å². The molecule has 0 fully saturated rings. The normalized spacial score (nSPS) is 10.5. The number of aromatic nitrogens is 4. The van der Waals surface area contributed by atoms with Gasteiger partial charge < -0.3 is 16.0 Å². The van der Waals surface area contributed by atoms with E-state index in [2.05, 4.69) is 15.0 Å². The summed E-state index contributed by atoms with van der Waals surface area (Å²) in [4.78, 5) is 12.0. The first-order valence-electron chi connectivity index (χ1n) is 4.20. The quantitative estimate of drug-likeness (QED) is 0.719. The fourth-order valence-corrected chi connectivity index (χ4v) is 1.88. The number of hydrogen-bond donors (Lipinski definition) is 2. The molecule has 15 heavy (non-hydrogen) atoms. The van der Waals surface area contributed by atoms with E-state index in [0.29, 0.717) is 10.8 Å². The lowest BCUT2D eigenvalue weighted by atomic mass is 10.6. The molecule has 0 atom stereocenters. The Morgan fingerprint density at radius 1 is 1.33 bits per heavy atom. The Morgan fingerprint density at radius 2 is 2.13 bits per heavy atom. The van der Waals surface area contributed by atoms with Crippen LogP contribution in [0.1, 0.15) is 0 Å². The molecule has 2 aromatic rings. The molecule has 4 N–H and O–H groups in total. The van der Waals surface area contributed by atoms with Gasteiger partial charge in [0.15, 0.2) is 5.16 Å². The highest BCUT2D eigenvalue weighted by atomic mass is 32.2. The molecule has 6 nitrogen and oxygen atoms in total. The Bertz CT molecular complexity index is 459. The summed E-state index contributed by atoms with van der Waals surface area (Å²) in [5.74, 6) is 0.533. The maximum absolute atomic E-state index is 5.55. The molecule has 0 aliphatic carbocycles. The molecule has 0 amide bonds. The van der Waals surface area contributed by atoms with E-state index in [1.165, 1.54) is 11.8 Å². The molecule has 2 rings (SSSR count). The smallest absolute Gasteiger partial charge is 0.223 e. The molecular weight excluding hydrogens is 212 g/mol. The summed E-state index contributed by atoms with van der Waals surface area (Å²) in [7, 11) is 1.91. The lowest BCUT2D eigenvalue weighted by Crippen LogP contribution is -2.00. The number of imidazole rings is 1. The molecular formula is C8H10N6S. The summed E-state index contributed by atoms with van der Waals surface area (Å²) in [5.41, 5.74) is 11.0. The van der Waals surface area contributed by atoms with Crippen LogP contribution in [-0.2, 0) is 7.05 Å². The third-order valence-corrected chi connectivity index (χ3v) is 2.71. The predicted molar refractivity (Wildman–Crippen MR) is 58.2 cm³/mol. The van der Waals surface area contributed by atoms with E-state index in [9.17, 15) is 0 Å². The summed E-state index contributed by atoms with van der Waals surface area (Å²) in [5, 5.41) is 1.52. The lowest BCUT2D eigenvalue weighted by molar-refractivity contribution is 0.788. The van der Waals surface area contributed by atoms with Crippen LogP contribution in [0, 0.1) is 0 Å². The number of nitrogens with zero attached hydrogens (tertiary/aromatic N) is 4. The summed E-state index contributed by atoms with van der Waals surface area (Å²) >= 11 is 1.39. The number of nitrogens with two attached hydrogens (primary N) is 2. The number of nitrogen functional groups attached to an aromatic ring is 2. The summed E-state index contributed by atoms with van der Waals surface area (Å²) < 4.78 is 1.89. The zero-order valence-corrected chi connectivity index (χ0v) is 8.90. The number of aryl methyl sites for hydroxylation is 1. The molecule has 0 aliphatic rings. The molecule has 0 spiro atoms. The topological polar surface area (TPSA) is 95.6 Å². The van der Waals surface area contributed by atoms with Crippen molar-refractivity contribution in [2.24, 2.45) is 7.05 Å². The van der Waals surface area contributed by atoms with Gasteiger partial charge in [-0.05, 0) is 11.8 Å². The zero-order valence-electron chi connectivity index (χ0n) is 8.08. The maximum atomic E-state index is 5.55. The van der Waals surface area contributed by atoms with Gasteiger partial charge in [-0.15, -0.1) is 0 Å². The fourth-order valence-electron chi connectivity index (χ4n) is 1.06. The molecule has 0 bridgehead atoms. The minimum absolute atomic E-state index is 0.173. The lowest BCUT2D eigenvalue weighted by Gasteiger charge is -2.02. The SMILES string of the molecule is Cn1ccnc1Sc1cc(N)nc(N)n1. The van der Waals surface area contributed by atoms with Crippen LogP contribution in [-0.4, -0.2) is 19.5 Å². The Hall–Kier alpha value is -1.76. The van der Waals surface area contributed by atoms with Crippen LogP contribution in [0.25, 0.3) is 0 Å². The van der Waals surface area contributed by atoms with Crippen molar-refractivity contribution < 1.29 is 0 Å². The van der Waals surface area contributed by atoms with Crippen molar-refractivity contribution in [2.45, 2.75) is 10.2 Å². The van der Waals surface area contributed by atoms with Crippen molar-refractivity contribution in [2.75, 3.05) is 11.5 Å². The highest BCUT2D eigenvalue weighted by Gasteiger charge is 2.05. The maximum Gasteiger partial charge on any atom is 0.223 e. The van der Waals surface area contributed by atoms with Crippen molar-refractivity contribution >= 4 is 23.5 Å². The van der Waals surface area contributed by atoms with Gasteiger partial charge in [-0.1, -0.05) is 0 Å². The molecule has 2 aromatic heterocycles. The second-order valence-electron chi connectivity index (χ2n) is 2.91. The van der Waals surface area contributed by atoms with Gasteiger partial charge in [0.2, 0.25) is 5.95 Å². The van der Waals surface area contributed by atoms with Gasteiger partial charge in [-0.25, -0.2) is 9.97 Å². The number of rotatable bonds is 2. The van der Waals surface area contributed by atoms with Crippen LogP contribution in [0.15, 0.2) is 28.6 Å². The van der Waals surface area contributed by atoms with E-state index in [1.807, 2.05) is 17.8 Å². The number of anilines is 2.